The number of amides is 2. The standard InChI is InChI=1S/C9H18N2O3/c1-4-7(5-2)9(13)11-14-6-8(12)10-3/h7H,4-6H2,1-3H3,(H,10,12)(H,11,13). The summed E-state index contributed by atoms with van der Waals surface area (Å²) in [5, 5.41) is 2.38. The Morgan fingerprint density at radius 3 is 2.29 bits per heavy atom. The molecule has 0 rings (SSSR count). The van der Waals surface area contributed by atoms with Crippen LogP contribution in [0.25, 0.3) is 0 Å². The maximum absolute atomic E-state index is 11.3. The third-order valence-corrected chi connectivity index (χ3v) is 2.01. The third kappa shape index (κ3) is 4.81. The zero-order chi connectivity index (χ0) is 11.0. The largest absolute Gasteiger partial charge is 0.357 e. The molecule has 0 fully saturated rings. The van der Waals surface area contributed by atoms with Crippen LogP contribution in [0.3, 0.4) is 0 Å². The van der Waals surface area contributed by atoms with E-state index in [2.05, 4.69) is 10.8 Å². The third-order valence-electron chi connectivity index (χ3n) is 2.01. The number of nitrogens with one attached hydrogen (secondary N) is 2. The predicted octanol–water partition coefficient (Wildman–Crippen LogP) is 0.216. The van der Waals surface area contributed by atoms with Crippen molar-refractivity contribution in [2.45, 2.75) is 26.7 Å². The molecule has 0 saturated heterocycles. The molecular weight excluding hydrogens is 184 g/mol. The number of carbonyl (C=O) groups is 2. The van der Waals surface area contributed by atoms with Gasteiger partial charge >= 0.3 is 0 Å². The second kappa shape index (κ2) is 7.32. The molecule has 82 valence electrons. The van der Waals surface area contributed by atoms with Crippen LogP contribution in [0.5, 0.6) is 0 Å². The number of hydrogen-bond donors (Lipinski definition) is 2. The van der Waals surface area contributed by atoms with Gasteiger partial charge in [-0.15, -0.1) is 0 Å². The lowest BCUT2D eigenvalue weighted by molar-refractivity contribution is -0.142. The van der Waals surface area contributed by atoms with Crippen molar-refractivity contribution >= 4 is 11.8 Å². The molecule has 2 N–H and O–H groups in total. The summed E-state index contributed by atoms with van der Waals surface area (Å²) in [4.78, 5) is 26.7. The molecule has 0 aromatic heterocycles. The van der Waals surface area contributed by atoms with Crippen molar-refractivity contribution in [1.29, 1.82) is 0 Å². The first-order chi connectivity index (χ1) is 6.65. The van der Waals surface area contributed by atoms with Crippen LogP contribution in [0.1, 0.15) is 26.7 Å². The average Bonchev–Trinajstić information content (AvgIpc) is 2.19. The van der Waals surface area contributed by atoms with Gasteiger partial charge < -0.3 is 5.32 Å². The molecule has 0 saturated carbocycles. The van der Waals surface area contributed by atoms with Crippen LogP contribution < -0.4 is 10.8 Å². The van der Waals surface area contributed by atoms with Gasteiger partial charge in [0.05, 0.1) is 0 Å². The molecular formula is C9H18N2O3. The van der Waals surface area contributed by atoms with Gasteiger partial charge in [0.1, 0.15) is 0 Å². The monoisotopic (exact) mass is 202 g/mol. The molecule has 0 aliphatic rings. The van der Waals surface area contributed by atoms with E-state index in [1.807, 2.05) is 13.8 Å². The molecule has 2 amide bonds. The Morgan fingerprint density at radius 1 is 1.29 bits per heavy atom. The molecule has 0 aromatic carbocycles. The van der Waals surface area contributed by atoms with Gasteiger partial charge in [-0.2, -0.15) is 0 Å². The van der Waals surface area contributed by atoms with Crippen LogP contribution in [-0.4, -0.2) is 25.5 Å². The normalized spacial score (nSPS) is 10.0. The van der Waals surface area contributed by atoms with E-state index < -0.39 is 0 Å². The van der Waals surface area contributed by atoms with Gasteiger partial charge in [0.15, 0.2) is 6.61 Å². The number of hydroxylamine groups is 1. The molecule has 5 nitrogen and oxygen atoms in total. The zero-order valence-corrected chi connectivity index (χ0v) is 8.92. The van der Waals surface area contributed by atoms with Crippen molar-refractivity contribution in [3.8, 4) is 0 Å². The average molecular weight is 202 g/mol. The highest BCUT2D eigenvalue weighted by molar-refractivity contribution is 5.79. The molecule has 0 spiro atoms. The molecule has 0 aliphatic heterocycles. The number of rotatable bonds is 6. The van der Waals surface area contributed by atoms with E-state index in [9.17, 15) is 9.59 Å². The van der Waals surface area contributed by atoms with Crippen molar-refractivity contribution in [3.05, 3.63) is 0 Å². The summed E-state index contributed by atoms with van der Waals surface area (Å²) >= 11 is 0. The van der Waals surface area contributed by atoms with Gasteiger partial charge in [-0.05, 0) is 12.8 Å². The number of likely N-dealkylation sites (N-methyl/N-ethyl adjacent to an activating group) is 1. The van der Waals surface area contributed by atoms with E-state index in [4.69, 9.17) is 4.84 Å². The summed E-state index contributed by atoms with van der Waals surface area (Å²) in [6.45, 7) is 3.72. The van der Waals surface area contributed by atoms with Crippen LogP contribution in [0, 0.1) is 5.92 Å². The topological polar surface area (TPSA) is 67.4 Å². The van der Waals surface area contributed by atoms with Gasteiger partial charge in [-0.25, -0.2) is 5.48 Å². The first kappa shape index (κ1) is 12.9. The quantitative estimate of drug-likeness (QED) is 0.605. The molecule has 0 radical (unpaired) electrons. The highest BCUT2D eigenvalue weighted by Gasteiger charge is 2.13. The second-order valence-electron chi connectivity index (χ2n) is 2.94. The minimum absolute atomic E-state index is 0.0420. The Kier molecular flexibility index (Phi) is 6.74. The van der Waals surface area contributed by atoms with E-state index in [1.165, 1.54) is 7.05 Å². The summed E-state index contributed by atoms with van der Waals surface area (Å²) in [5.41, 5.74) is 2.25. The molecule has 14 heavy (non-hydrogen) atoms. The SMILES string of the molecule is CCC(CC)C(=O)NOCC(=O)NC. The fraction of sp³-hybridized carbons (Fsp3) is 0.778. The summed E-state index contributed by atoms with van der Waals surface area (Å²) in [6, 6.07) is 0. The van der Waals surface area contributed by atoms with Crippen LogP contribution >= 0.6 is 0 Å². The fourth-order valence-electron chi connectivity index (χ4n) is 0.988. The molecule has 0 bridgehead atoms. The van der Waals surface area contributed by atoms with Crippen molar-refractivity contribution in [3.63, 3.8) is 0 Å². The minimum atomic E-state index is -0.269. The van der Waals surface area contributed by atoms with Gasteiger partial charge in [0.2, 0.25) is 11.8 Å². The Labute approximate surface area is 84.1 Å². The Morgan fingerprint density at radius 2 is 1.86 bits per heavy atom. The van der Waals surface area contributed by atoms with Gasteiger partial charge in [-0.1, -0.05) is 13.8 Å². The summed E-state index contributed by atoms with van der Waals surface area (Å²) < 4.78 is 0. The van der Waals surface area contributed by atoms with E-state index in [0.29, 0.717) is 0 Å². The molecule has 5 heteroatoms. The smallest absolute Gasteiger partial charge is 0.248 e. The number of hydrogen-bond acceptors (Lipinski definition) is 3. The lowest BCUT2D eigenvalue weighted by Crippen LogP contribution is -2.34. The number of carbonyl (C=O) groups excluding carboxylic acids is 2. The molecule has 0 aromatic rings. The van der Waals surface area contributed by atoms with Gasteiger partial charge in [0.25, 0.3) is 0 Å². The molecule has 0 atom stereocenters. The van der Waals surface area contributed by atoms with Crippen LogP contribution in [0.4, 0.5) is 0 Å². The molecule has 0 unspecified atom stereocenters. The summed E-state index contributed by atoms with van der Waals surface area (Å²) in [6.07, 6.45) is 1.54. The molecule has 0 aliphatic carbocycles. The van der Waals surface area contributed by atoms with Crippen LogP contribution in [0.2, 0.25) is 0 Å². The van der Waals surface area contributed by atoms with E-state index >= 15 is 0 Å². The van der Waals surface area contributed by atoms with E-state index in [0.717, 1.165) is 12.8 Å². The summed E-state index contributed by atoms with van der Waals surface area (Å²) in [7, 11) is 1.51. The Hall–Kier alpha value is -1.10. The predicted molar refractivity (Wildman–Crippen MR) is 52.2 cm³/mol. The highest BCUT2D eigenvalue weighted by atomic mass is 16.7. The van der Waals surface area contributed by atoms with Crippen LogP contribution in [-0.2, 0) is 14.4 Å². The van der Waals surface area contributed by atoms with Crippen molar-refractivity contribution in [1.82, 2.24) is 10.8 Å². The lowest BCUT2D eigenvalue weighted by atomic mass is 10.0. The minimum Gasteiger partial charge on any atom is -0.357 e. The van der Waals surface area contributed by atoms with E-state index in [-0.39, 0.29) is 24.3 Å². The maximum Gasteiger partial charge on any atom is 0.248 e. The van der Waals surface area contributed by atoms with Gasteiger partial charge in [-0.3, -0.25) is 14.4 Å². The summed E-state index contributed by atoms with van der Waals surface area (Å²) in [5.74, 6) is -0.478. The van der Waals surface area contributed by atoms with Crippen molar-refractivity contribution < 1.29 is 14.4 Å². The van der Waals surface area contributed by atoms with Crippen molar-refractivity contribution in [2.24, 2.45) is 5.92 Å². The zero-order valence-electron chi connectivity index (χ0n) is 8.92. The lowest BCUT2D eigenvalue weighted by Gasteiger charge is -2.11. The second-order valence-corrected chi connectivity index (χ2v) is 2.94. The van der Waals surface area contributed by atoms with Crippen LogP contribution in [0.15, 0.2) is 0 Å². The molecule has 0 heterocycles. The Balaban J connectivity index is 3.67. The van der Waals surface area contributed by atoms with E-state index in [1.54, 1.807) is 0 Å². The maximum atomic E-state index is 11.3. The van der Waals surface area contributed by atoms with Gasteiger partial charge in [0, 0.05) is 13.0 Å². The first-order valence-corrected chi connectivity index (χ1v) is 4.77. The first-order valence-electron chi connectivity index (χ1n) is 4.77. The Bertz CT molecular complexity index is 190. The highest BCUT2D eigenvalue weighted by Crippen LogP contribution is 2.06. The van der Waals surface area contributed by atoms with Crippen molar-refractivity contribution in [2.75, 3.05) is 13.7 Å². The fourth-order valence-corrected chi connectivity index (χ4v) is 0.988.